The largest absolute Gasteiger partial charge is 0.433 e. The third-order valence-corrected chi connectivity index (χ3v) is 1.85. The maximum atomic E-state index is 12.1. The Hall–Kier alpha value is -0.680. The van der Waals surface area contributed by atoms with Gasteiger partial charge >= 0.3 is 6.18 Å². The zero-order valence-corrected chi connectivity index (χ0v) is 7.50. The van der Waals surface area contributed by atoms with Crippen LogP contribution in [0.1, 0.15) is 5.69 Å². The summed E-state index contributed by atoms with van der Waals surface area (Å²) in [6.45, 7) is 0. The molecule has 7 heteroatoms. The second kappa shape index (κ2) is 3.23. The van der Waals surface area contributed by atoms with E-state index in [4.69, 9.17) is 28.9 Å². The molecule has 72 valence electrons. The molecule has 0 unspecified atom stereocenters. The molecule has 2 N–H and O–H groups in total. The van der Waals surface area contributed by atoms with Crippen LogP contribution >= 0.6 is 23.2 Å². The van der Waals surface area contributed by atoms with Gasteiger partial charge in [-0.05, 0) is 6.07 Å². The van der Waals surface area contributed by atoms with Crippen molar-refractivity contribution in [3.63, 3.8) is 0 Å². The van der Waals surface area contributed by atoms with Crippen molar-refractivity contribution >= 4 is 28.9 Å². The number of nitrogens with two attached hydrogens (primary N) is 1. The van der Waals surface area contributed by atoms with E-state index in [9.17, 15) is 13.2 Å². The molecule has 0 aliphatic carbocycles. The highest BCUT2D eigenvalue weighted by atomic mass is 35.5. The molecule has 0 aromatic carbocycles. The Bertz CT molecular complexity index is 314. The second-order valence-corrected chi connectivity index (χ2v) is 2.96. The molecule has 13 heavy (non-hydrogen) atoms. The van der Waals surface area contributed by atoms with Crippen molar-refractivity contribution in [2.75, 3.05) is 5.73 Å². The maximum Gasteiger partial charge on any atom is 0.433 e. The van der Waals surface area contributed by atoms with Crippen LogP contribution in [0.25, 0.3) is 0 Å². The Morgan fingerprint density at radius 2 is 1.85 bits per heavy atom. The van der Waals surface area contributed by atoms with Crippen molar-refractivity contribution in [1.29, 1.82) is 0 Å². The highest BCUT2D eigenvalue weighted by molar-refractivity contribution is 6.38. The number of nitrogen functional groups attached to an aromatic ring is 1. The van der Waals surface area contributed by atoms with Crippen LogP contribution in [0.2, 0.25) is 10.2 Å². The number of hydrogen-bond acceptors (Lipinski definition) is 2. The molecule has 0 atom stereocenters. The lowest BCUT2D eigenvalue weighted by molar-refractivity contribution is -0.141. The molecule has 0 bridgehead atoms. The van der Waals surface area contributed by atoms with Gasteiger partial charge in [0.25, 0.3) is 0 Å². The summed E-state index contributed by atoms with van der Waals surface area (Å²) in [5.41, 5.74) is 3.89. The molecular formula is C6H3Cl2F3N2. The Morgan fingerprint density at radius 3 is 2.23 bits per heavy atom. The van der Waals surface area contributed by atoms with Crippen LogP contribution < -0.4 is 5.73 Å². The van der Waals surface area contributed by atoms with Gasteiger partial charge in [-0.3, -0.25) is 0 Å². The molecule has 1 aromatic heterocycles. The number of rotatable bonds is 0. The Labute approximate surface area is 81.5 Å². The van der Waals surface area contributed by atoms with Gasteiger partial charge in [0.1, 0.15) is 5.69 Å². The van der Waals surface area contributed by atoms with Crippen LogP contribution in [0.15, 0.2) is 6.07 Å². The van der Waals surface area contributed by atoms with E-state index in [1.807, 2.05) is 0 Å². The topological polar surface area (TPSA) is 38.9 Å². The van der Waals surface area contributed by atoms with Gasteiger partial charge in [-0.25, -0.2) is 4.98 Å². The Morgan fingerprint density at radius 1 is 1.31 bits per heavy atom. The first-order valence-corrected chi connectivity index (χ1v) is 3.76. The summed E-state index contributed by atoms with van der Waals surface area (Å²) in [4.78, 5) is 3.04. The first kappa shape index (κ1) is 10.4. The summed E-state index contributed by atoms with van der Waals surface area (Å²) in [7, 11) is 0. The molecule has 1 aromatic rings. The Kier molecular flexibility index (Phi) is 2.58. The first-order chi connectivity index (χ1) is 5.82. The minimum absolute atomic E-state index is 0.156. The van der Waals surface area contributed by atoms with Gasteiger partial charge in [0.2, 0.25) is 0 Å². The van der Waals surface area contributed by atoms with Crippen LogP contribution in [-0.4, -0.2) is 4.98 Å². The van der Waals surface area contributed by atoms with E-state index in [0.29, 0.717) is 6.07 Å². The van der Waals surface area contributed by atoms with Crippen molar-refractivity contribution in [1.82, 2.24) is 4.98 Å². The highest BCUT2D eigenvalue weighted by Gasteiger charge is 2.33. The summed E-state index contributed by atoms with van der Waals surface area (Å²) < 4.78 is 36.2. The zero-order chi connectivity index (χ0) is 10.2. The number of pyridine rings is 1. The van der Waals surface area contributed by atoms with E-state index in [1.54, 1.807) is 0 Å². The molecule has 0 aliphatic rings. The number of hydrogen-bond donors (Lipinski definition) is 1. The number of aromatic nitrogens is 1. The van der Waals surface area contributed by atoms with Crippen molar-refractivity contribution in [3.8, 4) is 0 Å². The van der Waals surface area contributed by atoms with E-state index in [0.717, 1.165) is 0 Å². The van der Waals surface area contributed by atoms with Gasteiger partial charge < -0.3 is 5.73 Å². The van der Waals surface area contributed by atoms with E-state index in [-0.39, 0.29) is 10.7 Å². The average Bonchev–Trinajstić information content (AvgIpc) is 1.97. The van der Waals surface area contributed by atoms with Crippen LogP contribution in [-0.2, 0) is 6.18 Å². The lowest BCUT2D eigenvalue weighted by Gasteiger charge is -2.07. The molecule has 0 aliphatic heterocycles. The van der Waals surface area contributed by atoms with Crippen molar-refractivity contribution in [3.05, 3.63) is 21.9 Å². The van der Waals surface area contributed by atoms with Crippen LogP contribution in [0.3, 0.4) is 0 Å². The van der Waals surface area contributed by atoms with Gasteiger partial charge in [-0.15, -0.1) is 0 Å². The van der Waals surface area contributed by atoms with E-state index < -0.39 is 17.0 Å². The molecule has 0 amide bonds. The van der Waals surface area contributed by atoms with Gasteiger partial charge in [0, 0.05) is 0 Å². The summed E-state index contributed by atoms with van der Waals surface area (Å²) in [6.07, 6.45) is -4.57. The molecule has 0 spiro atoms. The predicted octanol–water partition coefficient (Wildman–Crippen LogP) is 2.99. The Balaban J connectivity index is 3.29. The van der Waals surface area contributed by atoms with Gasteiger partial charge in [-0.1, -0.05) is 23.2 Å². The lowest BCUT2D eigenvalue weighted by Crippen LogP contribution is -2.09. The normalized spacial score (nSPS) is 11.8. The number of anilines is 1. The molecule has 0 fully saturated rings. The summed E-state index contributed by atoms with van der Waals surface area (Å²) in [6, 6.07) is 0.628. The van der Waals surface area contributed by atoms with Crippen molar-refractivity contribution < 1.29 is 13.2 Å². The predicted molar refractivity (Wildman–Crippen MR) is 43.7 cm³/mol. The summed E-state index contributed by atoms with van der Waals surface area (Å²) >= 11 is 10.7. The molecular weight excluding hydrogens is 228 g/mol. The fourth-order valence-corrected chi connectivity index (χ4v) is 1.07. The van der Waals surface area contributed by atoms with E-state index >= 15 is 0 Å². The maximum absolute atomic E-state index is 12.1. The van der Waals surface area contributed by atoms with Crippen LogP contribution in [0, 0.1) is 0 Å². The third kappa shape index (κ3) is 2.16. The first-order valence-electron chi connectivity index (χ1n) is 3.01. The lowest BCUT2D eigenvalue weighted by atomic mass is 10.3. The highest BCUT2D eigenvalue weighted by Crippen LogP contribution is 2.34. The molecule has 2 nitrogen and oxygen atoms in total. The molecule has 0 saturated carbocycles. The van der Waals surface area contributed by atoms with Crippen molar-refractivity contribution in [2.24, 2.45) is 0 Å². The second-order valence-electron chi connectivity index (χ2n) is 2.19. The number of nitrogens with zero attached hydrogens (tertiary/aromatic N) is 1. The monoisotopic (exact) mass is 230 g/mol. The fraction of sp³-hybridized carbons (Fsp3) is 0.167. The molecule has 0 radical (unpaired) electrons. The smallest absolute Gasteiger partial charge is 0.395 e. The number of halogens is 5. The zero-order valence-electron chi connectivity index (χ0n) is 5.99. The summed E-state index contributed by atoms with van der Waals surface area (Å²) in [5.74, 6) is 0. The average molecular weight is 231 g/mol. The molecule has 0 saturated heterocycles. The minimum Gasteiger partial charge on any atom is -0.395 e. The van der Waals surface area contributed by atoms with Crippen LogP contribution in [0.5, 0.6) is 0 Å². The fourth-order valence-electron chi connectivity index (χ4n) is 0.640. The van der Waals surface area contributed by atoms with Gasteiger partial charge in [-0.2, -0.15) is 13.2 Å². The molecule has 1 heterocycles. The summed E-state index contributed by atoms with van der Waals surface area (Å²) in [5, 5.41) is -0.702. The van der Waals surface area contributed by atoms with Gasteiger partial charge in [0.15, 0.2) is 5.15 Å². The quantitative estimate of drug-likeness (QED) is 0.697. The van der Waals surface area contributed by atoms with Crippen LogP contribution in [0.4, 0.5) is 18.9 Å². The third-order valence-electron chi connectivity index (χ3n) is 1.25. The number of alkyl halides is 3. The van der Waals surface area contributed by atoms with Gasteiger partial charge in [0.05, 0.1) is 10.7 Å². The standard InChI is InChI=1S/C6H3Cl2F3N2/c7-2-1-3(6(9,10)11)13-5(8)4(2)12/h1H,12H2. The van der Waals surface area contributed by atoms with E-state index in [2.05, 4.69) is 4.98 Å². The van der Waals surface area contributed by atoms with Crippen molar-refractivity contribution in [2.45, 2.75) is 6.18 Å². The van der Waals surface area contributed by atoms with E-state index in [1.165, 1.54) is 0 Å². The SMILES string of the molecule is Nc1c(Cl)cc(C(F)(F)F)nc1Cl. The molecule has 1 rings (SSSR count). The minimum atomic E-state index is -4.57.